The molecular weight excluding hydrogens is 508 g/mol. The summed E-state index contributed by atoms with van der Waals surface area (Å²) in [4.78, 5) is 45.9. The zero-order chi connectivity index (χ0) is 28.8. The maximum absolute atomic E-state index is 12.4. The molecular formula is C29H46O10. The number of rotatable bonds is 8. The quantitative estimate of drug-likeness (QED) is 0.139. The van der Waals surface area contributed by atoms with Gasteiger partial charge in [0.25, 0.3) is 0 Å². The van der Waals surface area contributed by atoms with Crippen LogP contribution in [0.1, 0.15) is 92.4 Å². The van der Waals surface area contributed by atoms with Gasteiger partial charge in [-0.25, -0.2) is 20.3 Å². The molecule has 4 fully saturated rings. The van der Waals surface area contributed by atoms with Crippen molar-refractivity contribution in [2.75, 3.05) is 7.11 Å². The number of hydrogen-bond acceptors (Lipinski definition) is 10. The molecule has 4 aliphatic rings. The molecule has 4 saturated carbocycles. The third-order valence-electron chi connectivity index (χ3n) is 11.5. The average Bonchev–Trinajstić information content (AvgIpc) is 3.25. The number of carbonyl (C=O) groups is 3. The first-order valence-corrected chi connectivity index (χ1v) is 14.4. The minimum Gasteiger partial charge on any atom is -0.469 e. The summed E-state index contributed by atoms with van der Waals surface area (Å²) in [6, 6.07) is 0. The van der Waals surface area contributed by atoms with Gasteiger partial charge in [0.05, 0.1) is 7.11 Å². The fourth-order valence-electron chi connectivity index (χ4n) is 9.59. The Balaban J connectivity index is 1.72. The van der Waals surface area contributed by atoms with Crippen LogP contribution in [-0.4, -0.2) is 53.5 Å². The molecule has 0 amide bonds. The maximum Gasteiger partial charge on any atom is 0.305 e. The molecule has 2 N–H and O–H groups in total. The molecule has 0 radical (unpaired) electrons. The van der Waals surface area contributed by atoms with Gasteiger partial charge in [-0.05, 0) is 73.5 Å². The number of carbonyl (C=O) groups excluding carboxylic acids is 3. The highest BCUT2D eigenvalue weighted by Crippen LogP contribution is 2.70. The van der Waals surface area contributed by atoms with Crippen molar-refractivity contribution in [2.24, 2.45) is 46.3 Å². The molecule has 0 aromatic carbocycles. The number of esters is 3. The van der Waals surface area contributed by atoms with Crippen LogP contribution in [0, 0.1) is 46.3 Å². The molecule has 0 bridgehead atoms. The van der Waals surface area contributed by atoms with Crippen molar-refractivity contribution in [3.8, 4) is 0 Å². The Morgan fingerprint density at radius 1 is 0.949 bits per heavy atom. The van der Waals surface area contributed by atoms with Crippen LogP contribution in [0.4, 0.5) is 0 Å². The van der Waals surface area contributed by atoms with E-state index in [9.17, 15) is 24.9 Å². The lowest BCUT2D eigenvalue weighted by atomic mass is 9.42. The third-order valence-corrected chi connectivity index (χ3v) is 11.5. The molecule has 4 rings (SSSR count). The molecule has 0 aromatic heterocycles. The summed E-state index contributed by atoms with van der Waals surface area (Å²) in [6.45, 7) is 9.52. The number of fused-ring (bicyclic) bond motifs is 5. The van der Waals surface area contributed by atoms with Gasteiger partial charge in [-0.2, -0.15) is 0 Å². The van der Waals surface area contributed by atoms with Crippen molar-refractivity contribution in [3.05, 3.63) is 0 Å². The first kappa shape index (κ1) is 30.2. The van der Waals surface area contributed by atoms with Crippen LogP contribution in [0.5, 0.6) is 0 Å². The molecule has 0 aromatic rings. The maximum atomic E-state index is 12.4. The molecule has 10 heteroatoms. The summed E-state index contributed by atoms with van der Waals surface area (Å²) in [6.07, 6.45) is 4.61. The van der Waals surface area contributed by atoms with Crippen LogP contribution in [0.3, 0.4) is 0 Å². The van der Waals surface area contributed by atoms with Gasteiger partial charge in [-0.3, -0.25) is 14.4 Å². The Morgan fingerprint density at radius 3 is 2.21 bits per heavy atom. The lowest BCUT2D eigenvalue weighted by Gasteiger charge is -2.64. The van der Waals surface area contributed by atoms with E-state index in [1.807, 2.05) is 0 Å². The van der Waals surface area contributed by atoms with Crippen LogP contribution in [0.2, 0.25) is 0 Å². The van der Waals surface area contributed by atoms with E-state index in [2.05, 4.69) is 30.5 Å². The van der Waals surface area contributed by atoms with Crippen LogP contribution < -0.4 is 0 Å². The van der Waals surface area contributed by atoms with Gasteiger partial charge >= 0.3 is 17.9 Å². The van der Waals surface area contributed by atoms with E-state index in [0.717, 1.165) is 12.8 Å². The smallest absolute Gasteiger partial charge is 0.305 e. The van der Waals surface area contributed by atoms with Crippen LogP contribution >= 0.6 is 0 Å². The van der Waals surface area contributed by atoms with Gasteiger partial charge in [0.1, 0.15) is 12.2 Å². The lowest BCUT2D eigenvalue weighted by Crippen LogP contribution is -2.64. The number of ether oxygens (including phenoxy) is 3. The summed E-state index contributed by atoms with van der Waals surface area (Å²) in [5.41, 5.74) is -0.568. The summed E-state index contributed by atoms with van der Waals surface area (Å²) >= 11 is 0. The lowest BCUT2D eigenvalue weighted by molar-refractivity contribution is -0.500. The first-order valence-electron chi connectivity index (χ1n) is 14.4. The predicted octanol–water partition coefficient (Wildman–Crippen LogP) is 4.99. The fraction of sp³-hybridized carbons (Fsp3) is 0.897. The van der Waals surface area contributed by atoms with Gasteiger partial charge in [-0.1, -0.05) is 20.8 Å². The standard InChI is InChI=1S/C29H46O10/c1-16(7-10-25(32)35-6)20-8-9-21-26-22(14-24(28(20,21)5)37-18(3)31)27(4)11-12-29(38-33,39-34)15-19(27)13-23(26)36-17(2)30/h16,19-24,26,33-34H,7-15H2,1-6H3/t16-,19-,20-,21+,22+,23-,24+,26+,27+,28-/m1/s1. The molecule has 0 aliphatic heterocycles. The second-order valence-corrected chi connectivity index (χ2v) is 13.1. The molecule has 222 valence electrons. The fourth-order valence-corrected chi connectivity index (χ4v) is 9.59. The van der Waals surface area contributed by atoms with Crippen molar-refractivity contribution in [3.63, 3.8) is 0 Å². The van der Waals surface area contributed by atoms with Gasteiger partial charge in [0, 0.05) is 44.4 Å². The second kappa shape index (κ2) is 11.3. The SMILES string of the molecule is COC(=O)CC[C@@H](C)[C@H]1CC[C@H]2[C@@H]3[C@H](OC(C)=O)C[C@@H]4CC(OO)(OO)CC[C@]4(C)[C@H]3C[C@H](OC(C)=O)[C@]12C. The molecule has 0 heterocycles. The minimum absolute atomic E-state index is 0.0605. The van der Waals surface area contributed by atoms with E-state index in [1.54, 1.807) is 0 Å². The highest BCUT2D eigenvalue weighted by molar-refractivity contribution is 5.69. The van der Waals surface area contributed by atoms with Crippen molar-refractivity contribution >= 4 is 17.9 Å². The highest BCUT2D eigenvalue weighted by atomic mass is 17.2. The average molecular weight is 555 g/mol. The number of hydrogen-bond donors (Lipinski definition) is 2. The molecule has 4 aliphatic carbocycles. The molecule has 0 unspecified atom stereocenters. The second-order valence-electron chi connectivity index (χ2n) is 13.1. The molecule has 10 atom stereocenters. The van der Waals surface area contributed by atoms with Gasteiger partial charge < -0.3 is 14.2 Å². The minimum atomic E-state index is -1.51. The predicted molar refractivity (Wildman–Crippen MR) is 138 cm³/mol. The topological polar surface area (TPSA) is 138 Å². The van der Waals surface area contributed by atoms with Crippen LogP contribution in [0.25, 0.3) is 0 Å². The molecule has 10 nitrogen and oxygen atoms in total. The Hall–Kier alpha value is -1.75. The normalized spacial score (nSPS) is 41.4. The van der Waals surface area contributed by atoms with Crippen LogP contribution in [0.15, 0.2) is 0 Å². The summed E-state index contributed by atoms with van der Waals surface area (Å²) in [5.74, 6) is -1.70. The van der Waals surface area contributed by atoms with Crippen LogP contribution in [-0.2, 0) is 38.4 Å². The number of methoxy groups -OCH3 is 1. The Kier molecular flexibility index (Phi) is 8.72. The van der Waals surface area contributed by atoms with E-state index in [-0.39, 0.29) is 82.9 Å². The molecule has 39 heavy (non-hydrogen) atoms. The Bertz CT molecular complexity index is 933. The van der Waals surface area contributed by atoms with Crippen molar-refractivity contribution < 1.29 is 48.9 Å². The van der Waals surface area contributed by atoms with E-state index in [4.69, 9.17) is 14.2 Å². The van der Waals surface area contributed by atoms with Crippen molar-refractivity contribution in [1.29, 1.82) is 0 Å². The van der Waals surface area contributed by atoms with Crippen molar-refractivity contribution in [2.45, 2.75) is 110 Å². The summed E-state index contributed by atoms with van der Waals surface area (Å²) in [7, 11) is 1.40. The van der Waals surface area contributed by atoms with Crippen molar-refractivity contribution in [1.82, 2.24) is 0 Å². The summed E-state index contributed by atoms with van der Waals surface area (Å²) < 4.78 is 17.1. The van der Waals surface area contributed by atoms with E-state index in [1.165, 1.54) is 21.0 Å². The Labute approximate surface area is 230 Å². The zero-order valence-corrected chi connectivity index (χ0v) is 24.1. The van der Waals surface area contributed by atoms with E-state index < -0.39 is 5.79 Å². The highest BCUT2D eigenvalue weighted by Gasteiger charge is 2.68. The molecule has 0 saturated heterocycles. The monoisotopic (exact) mass is 554 g/mol. The van der Waals surface area contributed by atoms with E-state index in [0.29, 0.717) is 38.5 Å². The van der Waals surface area contributed by atoms with Gasteiger partial charge in [0.2, 0.25) is 5.79 Å². The Morgan fingerprint density at radius 2 is 1.62 bits per heavy atom. The first-order chi connectivity index (χ1) is 18.3. The largest absolute Gasteiger partial charge is 0.469 e. The van der Waals surface area contributed by atoms with E-state index >= 15 is 0 Å². The summed E-state index contributed by atoms with van der Waals surface area (Å²) in [5, 5.41) is 19.2. The van der Waals surface area contributed by atoms with Gasteiger partial charge in [0.15, 0.2) is 0 Å². The zero-order valence-electron chi connectivity index (χ0n) is 24.1. The molecule has 0 spiro atoms. The van der Waals surface area contributed by atoms with Gasteiger partial charge in [-0.15, -0.1) is 0 Å². The third kappa shape index (κ3) is 5.22.